The quantitative estimate of drug-likeness (QED) is 0.734. The van der Waals surface area contributed by atoms with Crippen molar-refractivity contribution < 1.29 is 9.32 Å². The molecule has 3 heterocycles. The van der Waals surface area contributed by atoms with Crippen molar-refractivity contribution in [3.05, 3.63) is 52.4 Å². The zero-order chi connectivity index (χ0) is 17.1. The van der Waals surface area contributed by atoms with Crippen LogP contribution in [0.2, 0.25) is 0 Å². The fourth-order valence-electron chi connectivity index (χ4n) is 2.19. The van der Waals surface area contributed by atoms with E-state index in [4.69, 9.17) is 4.52 Å². The molecule has 9 heteroatoms. The molecule has 0 aliphatic carbocycles. The highest BCUT2D eigenvalue weighted by molar-refractivity contribution is 5.91. The van der Waals surface area contributed by atoms with Crippen molar-refractivity contribution in [2.75, 3.05) is 0 Å². The first-order chi connectivity index (χ1) is 11.6. The van der Waals surface area contributed by atoms with E-state index in [-0.39, 0.29) is 23.7 Å². The van der Waals surface area contributed by atoms with Gasteiger partial charge in [-0.05, 0) is 25.1 Å². The number of hydrogen-bond acceptors (Lipinski definition) is 6. The highest BCUT2D eigenvalue weighted by atomic mass is 16.5. The van der Waals surface area contributed by atoms with Gasteiger partial charge in [0.25, 0.3) is 11.5 Å². The topological polar surface area (TPSA) is 108 Å². The van der Waals surface area contributed by atoms with Gasteiger partial charge in [0.1, 0.15) is 5.69 Å². The SMILES string of the molecule is CCn1cccc1-c1noc(CNC(=O)c2ccc(=O)n(C)n2)n1. The number of amides is 1. The summed E-state index contributed by atoms with van der Waals surface area (Å²) < 4.78 is 8.24. The fraction of sp³-hybridized carbons (Fsp3) is 0.267. The minimum Gasteiger partial charge on any atom is -0.345 e. The number of nitrogens with zero attached hydrogens (tertiary/aromatic N) is 5. The van der Waals surface area contributed by atoms with E-state index in [1.54, 1.807) is 0 Å². The average Bonchev–Trinajstić information content (AvgIpc) is 3.23. The van der Waals surface area contributed by atoms with E-state index in [0.29, 0.717) is 5.82 Å². The molecule has 0 fully saturated rings. The van der Waals surface area contributed by atoms with Crippen LogP contribution < -0.4 is 10.9 Å². The van der Waals surface area contributed by atoms with Crippen LogP contribution in [-0.4, -0.2) is 30.4 Å². The van der Waals surface area contributed by atoms with Crippen LogP contribution in [0.5, 0.6) is 0 Å². The van der Waals surface area contributed by atoms with E-state index >= 15 is 0 Å². The first-order valence-corrected chi connectivity index (χ1v) is 7.39. The molecule has 0 saturated heterocycles. The van der Waals surface area contributed by atoms with Gasteiger partial charge in [-0.25, -0.2) is 4.68 Å². The predicted octanol–water partition coefficient (Wildman–Crippen LogP) is 0.582. The second-order valence-corrected chi connectivity index (χ2v) is 5.05. The molecule has 1 N–H and O–H groups in total. The molecule has 3 aromatic rings. The van der Waals surface area contributed by atoms with E-state index in [2.05, 4.69) is 20.6 Å². The Morgan fingerprint density at radius 2 is 2.17 bits per heavy atom. The van der Waals surface area contributed by atoms with Gasteiger partial charge >= 0.3 is 0 Å². The van der Waals surface area contributed by atoms with Crippen LogP contribution in [0.4, 0.5) is 0 Å². The maximum Gasteiger partial charge on any atom is 0.272 e. The third-order valence-corrected chi connectivity index (χ3v) is 3.46. The van der Waals surface area contributed by atoms with Crippen molar-refractivity contribution in [3.63, 3.8) is 0 Å². The van der Waals surface area contributed by atoms with Gasteiger partial charge in [-0.1, -0.05) is 5.16 Å². The average molecular weight is 328 g/mol. The first-order valence-electron chi connectivity index (χ1n) is 7.39. The molecule has 0 atom stereocenters. The van der Waals surface area contributed by atoms with Gasteiger partial charge in [-0.15, -0.1) is 0 Å². The van der Waals surface area contributed by atoms with Crippen LogP contribution >= 0.6 is 0 Å². The Morgan fingerprint density at radius 1 is 1.33 bits per heavy atom. The van der Waals surface area contributed by atoms with Gasteiger partial charge in [0.15, 0.2) is 0 Å². The van der Waals surface area contributed by atoms with Crippen LogP contribution in [0.25, 0.3) is 11.5 Å². The van der Waals surface area contributed by atoms with Gasteiger partial charge in [0.2, 0.25) is 11.7 Å². The number of hydrogen-bond donors (Lipinski definition) is 1. The van der Waals surface area contributed by atoms with Crippen molar-refractivity contribution in [3.8, 4) is 11.5 Å². The van der Waals surface area contributed by atoms with E-state index < -0.39 is 5.91 Å². The van der Waals surface area contributed by atoms with Gasteiger partial charge in [-0.2, -0.15) is 10.1 Å². The third kappa shape index (κ3) is 3.09. The molecule has 3 rings (SSSR count). The van der Waals surface area contributed by atoms with Crippen LogP contribution in [0.1, 0.15) is 23.3 Å². The normalized spacial score (nSPS) is 10.8. The molecule has 0 spiro atoms. The fourth-order valence-corrected chi connectivity index (χ4v) is 2.19. The molecule has 24 heavy (non-hydrogen) atoms. The van der Waals surface area contributed by atoms with Crippen LogP contribution in [0.3, 0.4) is 0 Å². The summed E-state index contributed by atoms with van der Waals surface area (Å²) in [5.74, 6) is 0.320. The first kappa shape index (κ1) is 15.7. The zero-order valence-electron chi connectivity index (χ0n) is 13.3. The summed E-state index contributed by atoms with van der Waals surface area (Å²) in [6, 6.07) is 6.45. The molecule has 0 aliphatic heterocycles. The minimum atomic E-state index is -0.428. The van der Waals surface area contributed by atoms with E-state index in [0.717, 1.165) is 16.9 Å². The Kier molecular flexibility index (Phi) is 4.23. The van der Waals surface area contributed by atoms with Gasteiger partial charge in [-0.3, -0.25) is 9.59 Å². The molecule has 0 aromatic carbocycles. The summed E-state index contributed by atoms with van der Waals surface area (Å²) in [4.78, 5) is 27.6. The number of rotatable bonds is 5. The summed E-state index contributed by atoms with van der Waals surface area (Å²) in [6.45, 7) is 2.88. The van der Waals surface area contributed by atoms with E-state index in [9.17, 15) is 9.59 Å². The molecule has 1 amide bonds. The number of carbonyl (C=O) groups is 1. The Bertz CT molecular complexity index is 923. The molecule has 0 saturated carbocycles. The Balaban J connectivity index is 1.68. The summed E-state index contributed by atoms with van der Waals surface area (Å²) in [7, 11) is 1.48. The molecule has 0 unspecified atom stereocenters. The molecule has 3 aromatic heterocycles. The Morgan fingerprint density at radius 3 is 2.92 bits per heavy atom. The molecule has 0 aliphatic rings. The molecule has 9 nitrogen and oxygen atoms in total. The van der Waals surface area contributed by atoms with Gasteiger partial charge in [0, 0.05) is 25.9 Å². The number of aryl methyl sites for hydroxylation is 2. The third-order valence-electron chi connectivity index (χ3n) is 3.46. The van der Waals surface area contributed by atoms with Crippen molar-refractivity contribution in [1.82, 2.24) is 29.8 Å². The lowest BCUT2D eigenvalue weighted by atomic mass is 10.3. The van der Waals surface area contributed by atoms with Gasteiger partial charge in [0.05, 0.1) is 12.2 Å². The summed E-state index contributed by atoms with van der Waals surface area (Å²) in [5, 5.41) is 10.4. The number of carbonyl (C=O) groups excluding carboxylic acids is 1. The second kappa shape index (κ2) is 6.49. The second-order valence-electron chi connectivity index (χ2n) is 5.05. The lowest BCUT2D eigenvalue weighted by Gasteiger charge is -2.02. The maximum atomic E-state index is 12.0. The zero-order valence-corrected chi connectivity index (χ0v) is 13.3. The number of nitrogens with one attached hydrogen (secondary N) is 1. The molecular formula is C15H16N6O3. The largest absolute Gasteiger partial charge is 0.345 e. The standard InChI is InChI=1S/C15H16N6O3/c1-3-21-8-4-5-11(21)14-17-12(24-19-14)9-16-15(23)10-6-7-13(22)20(2)18-10/h4-8H,3,9H2,1-2H3,(H,16,23). The van der Waals surface area contributed by atoms with Crippen molar-refractivity contribution in [1.29, 1.82) is 0 Å². The highest BCUT2D eigenvalue weighted by Crippen LogP contribution is 2.16. The lowest BCUT2D eigenvalue weighted by molar-refractivity contribution is 0.0939. The summed E-state index contributed by atoms with van der Waals surface area (Å²) in [6.07, 6.45) is 1.93. The maximum absolute atomic E-state index is 12.0. The van der Waals surface area contributed by atoms with E-state index in [1.807, 2.05) is 29.8 Å². The minimum absolute atomic E-state index is 0.0726. The lowest BCUT2D eigenvalue weighted by Crippen LogP contribution is -2.28. The Labute approximate surface area is 136 Å². The Hall–Kier alpha value is -3.23. The smallest absolute Gasteiger partial charge is 0.272 e. The molecule has 124 valence electrons. The van der Waals surface area contributed by atoms with Gasteiger partial charge < -0.3 is 14.4 Å². The summed E-state index contributed by atoms with van der Waals surface area (Å²) in [5.41, 5.74) is 0.697. The predicted molar refractivity (Wildman–Crippen MR) is 84.0 cm³/mol. The molecule has 0 radical (unpaired) electrons. The monoisotopic (exact) mass is 328 g/mol. The molecule has 0 bridgehead atoms. The molecular weight excluding hydrogens is 312 g/mol. The van der Waals surface area contributed by atoms with Crippen molar-refractivity contribution in [2.24, 2.45) is 7.05 Å². The summed E-state index contributed by atoms with van der Waals surface area (Å²) >= 11 is 0. The highest BCUT2D eigenvalue weighted by Gasteiger charge is 2.14. The van der Waals surface area contributed by atoms with Crippen LogP contribution in [0, 0.1) is 0 Å². The van der Waals surface area contributed by atoms with Crippen molar-refractivity contribution in [2.45, 2.75) is 20.0 Å². The van der Waals surface area contributed by atoms with Crippen molar-refractivity contribution >= 4 is 5.91 Å². The van der Waals surface area contributed by atoms with Crippen LogP contribution in [-0.2, 0) is 20.1 Å². The van der Waals surface area contributed by atoms with Crippen LogP contribution in [0.15, 0.2) is 39.8 Å². The van der Waals surface area contributed by atoms with E-state index in [1.165, 1.54) is 19.2 Å². The number of aromatic nitrogens is 5.